The molecule has 5 heteroatoms. The minimum atomic E-state index is -0.257. The number of nitrogens with zero attached hydrogens (tertiary/aromatic N) is 2. The Morgan fingerprint density at radius 3 is 2.17 bits per heavy atom. The number of hydrazone groups is 1. The Balaban J connectivity index is 1.19. The minimum absolute atomic E-state index is 0.257. The second kappa shape index (κ2) is 8.67. The van der Waals surface area contributed by atoms with E-state index in [4.69, 9.17) is 11.6 Å². The summed E-state index contributed by atoms with van der Waals surface area (Å²) >= 11 is 5.90. The lowest BCUT2D eigenvalue weighted by Crippen LogP contribution is -2.48. The second-order valence-corrected chi connectivity index (χ2v) is 11.5. The van der Waals surface area contributed by atoms with Crippen LogP contribution in [0.3, 0.4) is 0 Å². The fraction of sp³-hybridized carbons (Fsp3) is 0.400. The van der Waals surface area contributed by atoms with Crippen molar-refractivity contribution in [3.05, 3.63) is 87.7 Å². The predicted octanol–water partition coefficient (Wildman–Crippen LogP) is 6.98. The number of carbonyl (C=O) groups is 1. The maximum Gasteiger partial charge on any atom is 0.271 e. The van der Waals surface area contributed by atoms with Gasteiger partial charge in [0.25, 0.3) is 5.91 Å². The first kappa shape index (κ1) is 22.6. The number of aryl methyl sites for hydroxylation is 1. The summed E-state index contributed by atoms with van der Waals surface area (Å²) < 4.78 is 2.27. The van der Waals surface area contributed by atoms with Crippen LogP contribution < -0.4 is 5.43 Å². The van der Waals surface area contributed by atoms with Crippen LogP contribution >= 0.6 is 11.6 Å². The van der Waals surface area contributed by atoms with Gasteiger partial charge in [-0.3, -0.25) is 4.79 Å². The lowest BCUT2D eigenvalue weighted by molar-refractivity contribution is -0.00518. The highest BCUT2D eigenvalue weighted by Crippen LogP contribution is 2.60. The zero-order valence-electron chi connectivity index (χ0n) is 20.4. The maximum atomic E-state index is 12.3. The van der Waals surface area contributed by atoms with Gasteiger partial charge in [-0.25, -0.2) is 5.43 Å². The van der Waals surface area contributed by atoms with E-state index in [1.54, 1.807) is 36.0 Å². The van der Waals surface area contributed by atoms with Gasteiger partial charge in [0.1, 0.15) is 0 Å². The van der Waals surface area contributed by atoms with Crippen molar-refractivity contribution in [2.45, 2.75) is 57.8 Å². The quantitative estimate of drug-likeness (QED) is 0.307. The highest BCUT2D eigenvalue weighted by Gasteiger charge is 2.51. The van der Waals surface area contributed by atoms with Crippen molar-refractivity contribution in [3.63, 3.8) is 0 Å². The van der Waals surface area contributed by atoms with Crippen LogP contribution in [0.25, 0.3) is 5.69 Å². The number of hydrogen-bond acceptors (Lipinski definition) is 2. The van der Waals surface area contributed by atoms with E-state index in [1.165, 1.54) is 44.2 Å². The van der Waals surface area contributed by atoms with Crippen LogP contribution in [0.15, 0.2) is 59.7 Å². The molecule has 1 heterocycles. The van der Waals surface area contributed by atoms with Crippen molar-refractivity contribution < 1.29 is 4.79 Å². The topological polar surface area (TPSA) is 46.4 Å². The Morgan fingerprint density at radius 2 is 1.57 bits per heavy atom. The zero-order chi connectivity index (χ0) is 24.2. The standard InChI is InChI=1S/C30H32ClN3O/c1-19-11-25(18-32-33-29(35)24-3-7-27(31)8-4-24)20(2)34(19)28-9-5-26(6-10-28)30-15-21-12-22(16-30)14-23(13-21)17-30/h3-11,18,21-23H,12-17H2,1-2H3,(H,33,35)/b32-18-. The van der Waals surface area contributed by atoms with E-state index < -0.39 is 0 Å². The van der Waals surface area contributed by atoms with Gasteiger partial charge in [-0.2, -0.15) is 5.10 Å². The molecule has 1 amide bonds. The van der Waals surface area contributed by atoms with Crippen molar-refractivity contribution in [1.29, 1.82) is 0 Å². The molecule has 4 bridgehead atoms. The van der Waals surface area contributed by atoms with E-state index in [0.717, 1.165) is 34.7 Å². The molecule has 0 aliphatic heterocycles. The molecule has 4 nitrogen and oxygen atoms in total. The molecule has 4 fully saturated rings. The number of hydrogen-bond donors (Lipinski definition) is 1. The van der Waals surface area contributed by atoms with Crippen molar-refractivity contribution in [2.75, 3.05) is 0 Å². The molecule has 35 heavy (non-hydrogen) atoms. The van der Waals surface area contributed by atoms with Gasteiger partial charge >= 0.3 is 0 Å². The van der Waals surface area contributed by atoms with Gasteiger partial charge in [-0.05, 0) is 124 Å². The average molecular weight is 486 g/mol. The summed E-state index contributed by atoms with van der Waals surface area (Å²) in [4.78, 5) is 12.3. The van der Waals surface area contributed by atoms with Crippen molar-refractivity contribution in [1.82, 2.24) is 9.99 Å². The molecule has 0 unspecified atom stereocenters. The van der Waals surface area contributed by atoms with Gasteiger partial charge in [-0.15, -0.1) is 0 Å². The Labute approximate surface area is 212 Å². The van der Waals surface area contributed by atoms with Crippen molar-refractivity contribution >= 4 is 23.7 Å². The monoisotopic (exact) mass is 485 g/mol. The fourth-order valence-electron chi connectivity index (χ4n) is 7.57. The van der Waals surface area contributed by atoms with E-state index in [2.05, 4.69) is 59.3 Å². The summed E-state index contributed by atoms with van der Waals surface area (Å²) in [6.07, 6.45) is 10.3. The summed E-state index contributed by atoms with van der Waals surface area (Å²) in [7, 11) is 0. The molecule has 1 N–H and O–H groups in total. The van der Waals surface area contributed by atoms with E-state index in [-0.39, 0.29) is 5.91 Å². The maximum absolute atomic E-state index is 12.3. The summed E-state index contributed by atoms with van der Waals surface area (Å²) in [5.74, 6) is 2.61. The summed E-state index contributed by atoms with van der Waals surface area (Å²) in [6, 6.07) is 18.2. The molecular weight excluding hydrogens is 454 g/mol. The smallest absolute Gasteiger partial charge is 0.271 e. The molecule has 2 aromatic carbocycles. The van der Waals surface area contributed by atoms with Gasteiger partial charge in [0.05, 0.1) is 6.21 Å². The lowest BCUT2D eigenvalue weighted by atomic mass is 9.48. The third-order valence-electron chi connectivity index (χ3n) is 8.72. The highest BCUT2D eigenvalue weighted by molar-refractivity contribution is 6.30. The third-order valence-corrected chi connectivity index (χ3v) is 8.97. The summed E-state index contributed by atoms with van der Waals surface area (Å²) in [5.41, 5.74) is 9.53. The van der Waals surface area contributed by atoms with Crippen LogP contribution in [0.1, 0.15) is 71.4 Å². The van der Waals surface area contributed by atoms with Crippen molar-refractivity contribution in [3.8, 4) is 5.69 Å². The number of rotatable bonds is 5. The molecule has 4 aliphatic carbocycles. The first-order chi connectivity index (χ1) is 16.9. The lowest BCUT2D eigenvalue weighted by Gasteiger charge is -2.57. The highest BCUT2D eigenvalue weighted by atomic mass is 35.5. The van der Waals surface area contributed by atoms with Gasteiger partial charge in [0, 0.05) is 33.2 Å². The third kappa shape index (κ3) is 4.12. The Morgan fingerprint density at radius 1 is 0.971 bits per heavy atom. The van der Waals surface area contributed by atoms with Gasteiger partial charge in [-0.1, -0.05) is 23.7 Å². The number of aromatic nitrogens is 1. The van der Waals surface area contributed by atoms with Crippen LogP contribution in [0.5, 0.6) is 0 Å². The van der Waals surface area contributed by atoms with Gasteiger partial charge in [0.15, 0.2) is 0 Å². The first-order valence-electron chi connectivity index (χ1n) is 12.8. The van der Waals surface area contributed by atoms with Crippen LogP contribution in [-0.4, -0.2) is 16.7 Å². The molecule has 7 rings (SSSR count). The number of nitrogens with one attached hydrogen (secondary N) is 1. The van der Waals surface area contributed by atoms with Crippen molar-refractivity contribution in [2.24, 2.45) is 22.9 Å². The molecule has 0 radical (unpaired) electrons. The molecule has 0 spiro atoms. The number of benzene rings is 2. The zero-order valence-corrected chi connectivity index (χ0v) is 21.2. The average Bonchev–Trinajstić information content (AvgIpc) is 3.11. The van der Waals surface area contributed by atoms with Gasteiger partial charge in [0.2, 0.25) is 0 Å². The first-order valence-corrected chi connectivity index (χ1v) is 13.2. The summed E-state index contributed by atoms with van der Waals surface area (Å²) in [5, 5.41) is 4.80. The SMILES string of the molecule is Cc1cc(/C=N\NC(=O)c2ccc(Cl)cc2)c(C)n1-c1ccc(C23CC4CC(CC(C4)C2)C3)cc1. The Hall–Kier alpha value is -2.85. The van der Waals surface area contributed by atoms with Crippen LogP contribution in [-0.2, 0) is 5.41 Å². The molecule has 4 aliphatic rings. The molecule has 1 aromatic heterocycles. The molecule has 4 saturated carbocycles. The minimum Gasteiger partial charge on any atom is -0.318 e. The largest absolute Gasteiger partial charge is 0.318 e. The Kier molecular flexibility index (Phi) is 5.60. The van der Waals surface area contributed by atoms with Gasteiger partial charge < -0.3 is 4.57 Å². The van der Waals surface area contributed by atoms with E-state index in [9.17, 15) is 4.79 Å². The number of amides is 1. The molecule has 3 aromatic rings. The van der Waals surface area contributed by atoms with Crippen LogP contribution in [0.2, 0.25) is 5.02 Å². The van der Waals surface area contributed by atoms with Crippen LogP contribution in [0, 0.1) is 31.6 Å². The summed E-state index contributed by atoms with van der Waals surface area (Å²) in [6.45, 7) is 4.21. The normalized spacial score (nSPS) is 27.0. The Bertz CT molecular complexity index is 1250. The number of halogens is 1. The molecule has 0 atom stereocenters. The predicted molar refractivity (Wildman–Crippen MR) is 142 cm³/mol. The molecular formula is C30H32ClN3O. The fourth-order valence-corrected chi connectivity index (χ4v) is 7.70. The van der Waals surface area contributed by atoms with Crippen LogP contribution in [0.4, 0.5) is 0 Å². The second-order valence-electron chi connectivity index (χ2n) is 11.1. The van der Waals surface area contributed by atoms with E-state index in [1.807, 2.05) is 0 Å². The molecule has 180 valence electrons. The van der Waals surface area contributed by atoms with E-state index >= 15 is 0 Å². The molecule has 0 saturated heterocycles. The van der Waals surface area contributed by atoms with E-state index in [0.29, 0.717) is 16.0 Å². The number of carbonyl (C=O) groups excluding carboxylic acids is 1.